The van der Waals surface area contributed by atoms with Gasteiger partial charge in [0.25, 0.3) is 5.91 Å². The van der Waals surface area contributed by atoms with Gasteiger partial charge in [-0.05, 0) is 41.5 Å². The molecule has 1 aliphatic heterocycles. The molecule has 0 aliphatic carbocycles. The van der Waals surface area contributed by atoms with Crippen LogP contribution in [0.1, 0.15) is 11.1 Å². The van der Waals surface area contributed by atoms with E-state index in [0.717, 1.165) is 33.7 Å². The van der Waals surface area contributed by atoms with Gasteiger partial charge in [-0.1, -0.05) is 24.3 Å². The van der Waals surface area contributed by atoms with Gasteiger partial charge in [-0.15, -0.1) is 0 Å². The number of fused-ring (bicyclic) bond motifs is 1. The van der Waals surface area contributed by atoms with E-state index in [9.17, 15) is 4.79 Å². The van der Waals surface area contributed by atoms with Crippen molar-refractivity contribution in [3.8, 4) is 16.9 Å². The molecule has 0 N–H and O–H groups in total. The van der Waals surface area contributed by atoms with Gasteiger partial charge in [0.2, 0.25) is 0 Å². The van der Waals surface area contributed by atoms with Crippen molar-refractivity contribution in [1.29, 1.82) is 0 Å². The molecule has 136 valence electrons. The number of carbonyl (C=O) groups is 1. The van der Waals surface area contributed by atoms with Crippen molar-refractivity contribution < 1.29 is 14.3 Å². The van der Waals surface area contributed by atoms with Gasteiger partial charge in [-0.3, -0.25) is 9.78 Å². The summed E-state index contributed by atoms with van der Waals surface area (Å²) in [4.78, 5) is 18.6. The van der Waals surface area contributed by atoms with Gasteiger partial charge in [0.05, 0.1) is 20.3 Å². The first-order valence-corrected chi connectivity index (χ1v) is 8.79. The minimum absolute atomic E-state index is 0.0503. The Kier molecular flexibility index (Phi) is 4.85. The average Bonchev–Trinajstić information content (AvgIpc) is 2.87. The third kappa shape index (κ3) is 3.68. The number of benzene rings is 2. The van der Waals surface area contributed by atoms with E-state index in [2.05, 4.69) is 11.1 Å². The van der Waals surface area contributed by atoms with Crippen molar-refractivity contribution in [2.45, 2.75) is 13.2 Å². The Balaban J connectivity index is 1.69. The lowest BCUT2D eigenvalue weighted by Gasteiger charge is -2.23. The van der Waals surface area contributed by atoms with Crippen LogP contribution in [-0.2, 0) is 22.7 Å². The van der Waals surface area contributed by atoms with Crippen molar-refractivity contribution in [3.63, 3.8) is 0 Å². The summed E-state index contributed by atoms with van der Waals surface area (Å²) in [6.45, 7) is 0.948. The summed E-state index contributed by atoms with van der Waals surface area (Å²) in [5.74, 6) is 0.726. The van der Waals surface area contributed by atoms with Gasteiger partial charge >= 0.3 is 0 Å². The molecule has 2 heterocycles. The molecule has 1 aromatic heterocycles. The first kappa shape index (κ1) is 17.2. The number of nitrogens with zero attached hydrogens (tertiary/aromatic N) is 2. The number of anilines is 1. The second-order valence-corrected chi connectivity index (χ2v) is 6.41. The highest BCUT2D eigenvalue weighted by atomic mass is 16.5. The first-order chi connectivity index (χ1) is 13.2. The second-order valence-electron chi connectivity index (χ2n) is 6.41. The average molecular weight is 360 g/mol. The van der Waals surface area contributed by atoms with E-state index in [0.29, 0.717) is 13.2 Å². The van der Waals surface area contributed by atoms with E-state index in [1.165, 1.54) is 0 Å². The van der Waals surface area contributed by atoms with E-state index in [4.69, 9.17) is 9.47 Å². The lowest BCUT2D eigenvalue weighted by Crippen LogP contribution is -2.32. The fraction of sp³-hybridized carbons (Fsp3) is 0.182. The summed E-state index contributed by atoms with van der Waals surface area (Å²) >= 11 is 0. The van der Waals surface area contributed by atoms with Gasteiger partial charge in [0.1, 0.15) is 12.4 Å². The van der Waals surface area contributed by atoms with Crippen LogP contribution >= 0.6 is 0 Å². The Morgan fingerprint density at radius 2 is 2.00 bits per heavy atom. The summed E-state index contributed by atoms with van der Waals surface area (Å²) in [6.07, 6.45) is 3.59. The molecule has 27 heavy (non-hydrogen) atoms. The quantitative estimate of drug-likeness (QED) is 0.710. The molecule has 0 radical (unpaired) electrons. The van der Waals surface area contributed by atoms with E-state index < -0.39 is 0 Å². The van der Waals surface area contributed by atoms with Crippen molar-refractivity contribution in [2.24, 2.45) is 0 Å². The van der Waals surface area contributed by atoms with Crippen LogP contribution in [0.2, 0.25) is 0 Å². The van der Waals surface area contributed by atoms with E-state index >= 15 is 0 Å². The molecule has 1 aliphatic rings. The summed E-state index contributed by atoms with van der Waals surface area (Å²) in [6, 6.07) is 17.8. The molecular formula is C22H20N2O3. The molecule has 0 fully saturated rings. The molecule has 1 amide bonds. The van der Waals surface area contributed by atoms with Crippen molar-refractivity contribution in [1.82, 2.24) is 4.98 Å². The molecule has 5 heteroatoms. The summed E-state index contributed by atoms with van der Waals surface area (Å²) in [5, 5.41) is 0. The third-order valence-corrected chi connectivity index (χ3v) is 4.62. The number of aromatic nitrogens is 1. The van der Waals surface area contributed by atoms with Gasteiger partial charge in [0.15, 0.2) is 0 Å². The molecule has 3 aromatic rings. The number of hydrogen-bond donors (Lipinski definition) is 0. The highest BCUT2D eigenvalue weighted by Gasteiger charge is 2.23. The monoisotopic (exact) mass is 360 g/mol. The number of ether oxygens (including phenoxy) is 2. The van der Waals surface area contributed by atoms with Crippen LogP contribution in [-0.4, -0.2) is 24.6 Å². The third-order valence-electron chi connectivity index (χ3n) is 4.62. The van der Waals surface area contributed by atoms with Gasteiger partial charge in [0, 0.05) is 29.2 Å². The van der Waals surface area contributed by atoms with Crippen molar-refractivity contribution in [2.75, 3.05) is 18.6 Å². The normalized spacial score (nSPS) is 13.8. The number of pyridine rings is 1. The van der Waals surface area contributed by atoms with Crippen molar-refractivity contribution >= 4 is 11.6 Å². The molecule has 5 nitrogen and oxygen atoms in total. The van der Waals surface area contributed by atoms with E-state index in [1.807, 2.05) is 54.7 Å². The Morgan fingerprint density at radius 3 is 2.81 bits per heavy atom. The topological polar surface area (TPSA) is 51.7 Å². The lowest BCUT2D eigenvalue weighted by atomic mass is 10.0. The fourth-order valence-corrected chi connectivity index (χ4v) is 3.26. The Morgan fingerprint density at radius 1 is 1.07 bits per heavy atom. The van der Waals surface area contributed by atoms with Crippen molar-refractivity contribution in [3.05, 3.63) is 78.1 Å². The van der Waals surface area contributed by atoms with E-state index in [1.54, 1.807) is 18.2 Å². The molecule has 0 spiro atoms. The zero-order valence-corrected chi connectivity index (χ0v) is 15.1. The van der Waals surface area contributed by atoms with Gasteiger partial charge < -0.3 is 14.4 Å². The lowest BCUT2D eigenvalue weighted by molar-refractivity contribution is -0.123. The largest absolute Gasteiger partial charge is 0.497 e. The smallest absolute Gasteiger partial charge is 0.253 e. The molecule has 2 aromatic carbocycles. The van der Waals surface area contributed by atoms with Crippen LogP contribution in [0.25, 0.3) is 11.1 Å². The summed E-state index contributed by atoms with van der Waals surface area (Å²) in [5.41, 5.74) is 4.97. The SMILES string of the molecule is COc1cccc(CN2C(=O)COCc3cc(-c4cccnc4)ccc32)c1. The zero-order chi connectivity index (χ0) is 18.6. The molecule has 0 unspecified atom stereocenters. The first-order valence-electron chi connectivity index (χ1n) is 8.79. The fourth-order valence-electron chi connectivity index (χ4n) is 3.26. The number of methoxy groups -OCH3 is 1. The molecule has 0 atom stereocenters. The van der Waals surface area contributed by atoms with Crippen LogP contribution in [0.4, 0.5) is 5.69 Å². The Bertz CT molecular complexity index is 957. The minimum Gasteiger partial charge on any atom is -0.497 e. The van der Waals surface area contributed by atoms with Crippen LogP contribution in [0.3, 0.4) is 0 Å². The molecular weight excluding hydrogens is 340 g/mol. The minimum atomic E-state index is -0.0503. The number of rotatable bonds is 4. The van der Waals surface area contributed by atoms with E-state index in [-0.39, 0.29) is 12.5 Å². The molecule has 0 saturated carbocycles. The predicted octanol–water partition coefficient (Wildman–Crippen LogP) is 3.82. The molecule has 4 rings (SSSR count). The molecule has 0 bridgehead atoms. The van der Waals surface area contributed by atoms with Crippen LogP contribution < -0.4 is 9.64 Å². The zero-order valence-electron chi connectivity index (χ0n) is 15.1. The van der Waals surface area contributed by atoms with Gasteiger partial charge in [-0.2, -0.15) is 0 Å². The maximum Gasteiger partial charge on any atom is 0.253 e. The molecule has 0 saturated heterocycles. The summed E-state index contributed by atoms with van der Waals surface area (Å²) < 4.78 is 10.9. The Hall–Kier alpha value is -3.18. The number of hydrogen-bond acceptors (Lipinski definition) is 4. The predicted molar refractivity (Wildman–Crippen MR) is 104 cm³/mol. The van der Waals surface area contributed by atoms with Crippen LogP contribution in [0.5, 0.6) is 5.75 Å². The highest BCUT2D eigenvalue weighted by molar-refractivity contribution is 5.96. The second kappa shape index (κ2) is 7.60. The number of carbonyl (C=O) groups excluding carboxylic acids is 1. The Labute approximate surface area is 158 Å². The number of amides is 1. The van der Waals surface area contributed by atoms with Crippen LogP contribution in [0, 0.1) is 0 Å². The maximum absolute atomic E-state index is 12.7. The summed E-state index contributed by atoms with van der Waals surface area (Å²) in [7, 11) is 1.64. The van der Waals surface area contributed by atoms with Gasteiger partial charge in [-0.25, -0.2) is 0 Å². The van der Waals surface area contributed by atoms with Crippen LogP contribution in [0.15, 0.2) is 67.0 Å². The highest BCUT2D eigenvalue weighted by Crippen LogP contribution is 2.31. The maximum atomic E-state index is 12.7. The standard InChI is InChI=1S/C22H20N2O3/c1-26-20-6-2-4-16(10-20)13-24-21-8-7-17(18-5-3-9-23-12-18)11-19(21)14-27-15-22(24)25/h2-12H,13-15H2,1H3.